The van der Waals surface area contributed by atoms with E-state index < -0.39 is 28.4 Å². The van der Waals surface area contributed by atoms with Crippen molar-refractivity contribution in [3.05, 3.63) is 29.6 Å². The van der Waals surface area contributed by atoms with Crippen LogP contribution in [-0.4, -0.2) is 16.1 Å². The van der Waals surface area contributed by atoms with Gasteiger partial charge in [-0.05, 0) is 11.8 Å². The molecule has 1 aliphatic carbocycles. The molecule has 0 aliphatic heterocycles. The first-order valence-corrected chi connectivity index (χ1v) is 4.86. The third-order valence-electron chi connectivity index (χ3n) is 3.38. The number of nitrogens with zero attached hydrogens (tertiary/aromatic N) is 1. The molecule has 86 valence electrons. The molecule has 0 spiro atoms. The molecule has 0 radical (unpaired) electrons. The molecule has 0 amide bonds. The number of carbonyl (C=O) groups is 1. The van der Waals surface area contributed by atoms with Gasteiger partial charge in [0.05, 0.1) is 12.4 Å². The molecule has 16 heavy (non-hydrogen) atoms. The Morgan fingerprint density at radius 1 is 1.38 bits per heavy atom. The number of rotatable bonds is 2. The van der Waals surface area contributed by atoms with E-state index in [4.69, 9.17) is 0 Å². The Labute approximate surface area is 91.1 Å². The predicted molar refractivity (Wildman–Crippen MR) is 51.9 cm³/mol. The van der Waals surface area contributed by atoms with Gasteiger partial charge in [-0.15, -0.1) is 0 Å². The molecule has 1 unspecified atom stereocenters. The van der Waals surface area contributed by atoms with Crippen molar-refractivity contribution >= 4 is 5.97 Å². The monoisotopic (exact) mass is 227 g/mol. The topological polar surface area (TPSA) is 50.2 Å². The van der Waals surface area contributed by atoms with Gasteiger partial charge in [0.1, 0.15) is 17.0 Å². The van der Waals surface area contributed by atoms with Gasteiger partial charge in [-0.1, -0.05) is 13.8 Å². The molecule has 1 N–H and O–H groups in total. The van der Waals surface area contributed by atoms with Crippen LogP contribution >= 0.6 is 0 Å². The fourth-order valence-corrected chi connectivity index (χ4v) is 2.34. The van der Waals surface area contributed by atoms with Crippen molar-refractivity contribution in [1.82, 2.24) is 4.98 Å². The molecule has 3 nitrogen and oxygen atoms in total. The van der Waals surface area contributed by atoms with Crippen LogP contribution in [0.25, 0.3) is 0 Å². The zero-order valence-electron chi connectivity index (χ0n) is 8.92. The molecule has 5 heteroatoms. The first-order valence-electron chi connectivity index (χ1n) is 4.86. The molecule has 0 bridgehead atoms. The van der Waals surface area contributed by atoms with E-state index in [9.17, 15) is 18.7 Å². The Kier molecular flexibility index (Phi) is 2.05. The summed E-state index contributed by atoms with van der Waals surface area (Å²) in [6.07, 6.45) is 1.92. The Morgan fingerprint density at radius 3 is 2.12 bits per heavy atom. The third-order valence-corrected chi connectivity index (χ3v) is 3.38. The largest absolute Gasteiger partial charge is 0.481 e. The number of carboxylic acid groups (broad SMARTS) is 1. The van der Waals surface area contributed by atoms with E-state index in [1.165, 1.54) is 0 Å². The summed E-state index contributed by atoms with van der Waals surface area (Å²) in [5, 5.41) is 9.19. The van der Waals surface area contributed by atoms with Crippen LogP contribution in [0.3, 0.4) is 0 Å². The van der Waals surface area contributed by atoms with Crippen LogP contribution in [0.4, 0.5) is 8.78 Å². The fraction of sp³-hybridized carbons (Fsp3) is 0.455. The lowest BCUT2D eigenvalue weighted by atomic mass is 9.88. The smallest absolute Gasteiger partial charge is 0.314 e. The number of aliphatic carboxylic acids is 1. The molecule has 1 aromatic heterocycles. The van der Waals surface area contributed by atoms with E-state index in [-0.39, 0.29) is 12.0 Å². The highest BCUT2D eigenvalue weighted by Crippen LogP contribution is 2.65. The average molecular weight is 227 g/mol. The summed E-state index contributed by atoms with van der Waals surface area (Å²) in [5.74, 6) is -2.98. The Hall–Kier alpha value is -1.52. The van der Waals surface area contributed by atoms with E-state index in [0.717, 1.165) is 12.4 Å². The highest BCUT2D eigenvalue weighted by Gasteiger charge is 2.69. The molecule has 2 rings (SSSR count). The van der Waals surface area contributed by atoms with E-state index >= 15 is 0 Å². The van der Waals surface area contributed by atoms with Gasteiger partial charge in [0.15, 0.2) is 0 Å². The summed E-state index contributed by atoms with van der Waals surface area (Å²) in [5.41, 5.74) is -2.47. The SMILES string of the molecule is CC1(C)CC1(C(=O)O)c1c(F)cncc1F. The van der Waals surface area contributed by atoms with Crippen LogP contribution in [0.15, 0.2) is 12.4 Å². The van der Waals surface area contributed by atoms with Crippen LogP contribution in [0.1, 0.15) is 25.8 Å². The Balaban J connectivity index is 2.64. The van der Waals surface area contributed by atoms with Crippen molar-refractivity contribution in [2.75, 3.05) is 0 Å². The van der Waals surface area contributed by atoms with Crippen molar-refractivity contribution in [3.8, 4) is 0 Å². The minimum atomic E-state index is -1.45. The number of aromatic nitrogens is 1. The van der Waals surface area contributed by atoms with Crippen molar-refractivity contribution < 1.29 is 18.7 Å². The first kappa shape index (κ1) is 11.0. The van der Waals surface area contributed by atoms with Crippen LogP contribution < -0.4 is 0 Å². The van der Waals surface area contributed by atoms with Gasteiger partial charge in [-0.25, -0.2) is 8.78 Å². The molecule has 0 aromatic carbocycles. The van der Waals surface area contributed by atoms with Crippen LogP contribution in [0.5, 0.6) is 0 Å². The molecule has 1 heterocycles. The lowest BCUT2D eigenvalue weighted by Crippen LogP contribution is -2.28. The maximum Gasteiger partial charge on any atom is 0.314 e. The van der Waals surface area contributed by atoms with Crippen LogP contribution in [0.2, 0.25) is 0 Å². The van der Waals surface area contributed by atoms with E-state index in [1.807, 2.05) is 0 Å². The molecule has 1 aromatic rings. The summed E-state index contributed by atoms with van der Waals surface area (Å²) >= 11 is 0. The van der Waals surface area contributed by atoms with Crippen molar-refractivity contribution in [1.29, 1.82) is 0 Å². The molecule has 1 saturated carbocycles. The summed E-state index contributed by atoms with van der Waals surface area (Å²) in [4.78, 5) is 14.6. The van der Waals surface area contributed by atoms with Gasteiger partial charge in [-0.2, -0.15) is 0 Å². The van der Waals surface area contributed by atoms with Gasteiger partial charge < -0.3 is 5.11 Å². The maximum absolute atomic E-state index is 13.5. The summed E-state index contributed by atoms with van der Waals surface area (Å²) < 4.78 is 27.0. The fourth-order valence-electron chi connectivity index (χ4n) is 2.34. The third kappa shape index (κ3) is 1.17. The second-order valence-electron chi connectivity index (χ2n) is 4.75. The number of hydrogen-bond acceptors (Lipinski definition) is 2. The van der Waals surface area contributed by atoms with Gasteiger partial charge >= 0.3 is 5.97 Å². The summed E-state index contributed by atoms with van der Waals surface area (Å²) in [6.45, 7) is 3.36. The standard InChI is InChI=1S/C11H11F2NO2/c1-10(2)5-11(10,9(15)16)8-6(12)3-14-4-7(8)13/h3-4H,5H2,1-2H3,(H,15,16). The zero-order valence-corrected chi connectivity index (χ0v) is 8.92. The normalized spacial score (nSPS) is 26.5. The average Bonchev–Trinajstić information content (AvgIpc) is 2.70. The van der Waals surface area contributed by atoms with E-state index in [2.05, 4.69) is 4.98 Å². The number of pyridine rings is 1. The lowest BCUT2D eigenvalue weighted by molar-refractivity contribution is -0.141. The predicted octanol–water partition coefficient (Wildman–Crippen LogP) is 2.11. The molecular formula is C11H11F2NO2. The van der Waals surface area contributed by atoms with Gasteiger partial charge in [0, 0.05) is 5.56 Å². The molecule has 0 saturated heterocycles. The van der Waals surface area contributed by atoms with Crippen molar-refractivity contribution in [3.63, 3.8) is 0 Å². The highest BCUT2D eigenvalue weighted by molar-refractivity contribution is 5.87. The van der Waals surface area contributed by atoms with Crippen molar-refractivity contribution in [2.24, 2.45) is 5.41 Å². The maximum atomic E-state index is 13.5. The highest BCUT2D eigenvalue weighted by atomic mass is 19.1. The molecular weight excluding hydrogens is 216 g/mol. The number of halogens is 2. The molecule has 1 atom stereocenters. The second-order valence-corrected chi connectivity index (χ2v) is 4.75. The van der Waals surface area contributed by atoms with E-state index in [1.54, 1.807) is 13.8 Å². The minimum Gasteiger partial charge on any atom is -0.481 e. The Bertz CT molecular complexity index is 453. The number of hydrogen-bond donors (Lipinski definition) is 1. The quantitative estimate of drug-likeness (QED) is 0.841. The van der Waals surface area contributed by atoms with Gasteiger partial charge in [0.2, 0.25) is 0 Å². The first-order chi connectivity index (χ1) is 7.33. The zero-order chi connectivity index (χ0) is 12.1. The van der Waals surface area contributed by atoms with Crippen LogP contribution in [0, 0.1) is 17.0 Å². The summed E-state index contributed by atoms with van der Waals surface area (Å²) in [6, 6.07) is 0. The van der Waals surface area contributed by atoms with E-state index in [0.29, 0.717) is 0 Å². The van der Waals surface area contributed by atoms with Crippen LogP contribution in [-0.2, 0) is 10.2 Å². The van der Waals surface area contributed by atoms with Gasteiger partial charge in [-0.3, -0.25) is 9.78 Å². The van der Waals surface area contributed by atoms with Crippen molar-refractivity contribution in [2.45, 2.75) is 25.7 Å². The number of carboxylic acids is 1. The lowest BCUT2D eigenvalue weighted by Gasteiger charge is -2.17. The minimum absolute atomic E-state index is 0.229. The summed E-state index contributed by atoms with van der Waals surface area (Å²) in [7, 11) is 0. The van der Waals surface area contributed by atoms with Gasteiger partial charge in [0.25, 0.3) is 0 Å². The Morgan fingerprint density at radius 2 is 1.81 bits per heavy atom. The molecule has 1 fully saturated rings. The molecule has 1 aliphatic rings. The second kappa shape index (κ2) is 2.99.